The maximum atomic E-state index is 6.03. The first-order chi connectivity index (χ1) is 12.2. The molecule has 1 atom stereocenters. The number of rotatable bonds is 4. The van der Waals surface area contributed by atoms with Gasteiger partial charge in [-0.3, -0.25) is 4.98 Å². The maximum absolute atomic E-state index is 6.03. The molecule has 1 saturated heterocycles. The smallest absolute Gasteiger partial charge is 0.298 e. The van der Waals surface area contributed by atoms with Crippen molar-refractivity contribution in [2.75, 3.05) is 31.1 Å². The van der Waals surface area contributed by atoms with E-state index in [0.717, 1.165) is 36.6 Å². The van der Waals surface area contributed by atoms with E-state index in [1.807, 2.05) is 31.2 Å². The molecule has 1 fully saturated rings. The average Bonchev–Trinajstić information content (AvgIpc) is 3.04. The Morgan fingerprint density at radius 1 is 1.35 bits per heavy atom. The van der Waals surface area contributed by atoms with Gasteiger partial charge in [-0.1, -0.05) is 11.6 Å². The van der Waals surface area contributed by atoms with Crippen molar-refractivity contribution in [3.05, 3.63) is 47.2 Å². The molecule has 0 aliphatic carbocycles. The minimum atomic E-state index is 0. The summed E-state index contributed by atoms with van der Waals surface area (Å²) in [5.41, 5.74) is 2.47. The molecule has 1 aromatic carbocycles. The third kappa shape index (κ3) is 4.03. The summed E-state index contributed by atoms with van der Waals surface area (Å²) in [5.74, 6) is 0.764. The number of nitrogens with zero attached hydrogens (tertiary/aromatic N) is 3. The van der Waals surface area contributed by atoms with E-state index in [0.29, 0.717) is 23.2 Å². The van der Waals surface area contributed by atoms with E-state index >= 15 is 0 Å². The van der Waals surface area contributed by atoms with Crippen molar-refractivity contribution in [1.82, 2.24) is 15.3 Å². The number of halogens is 2. The number of pyridine rings is 1. The molecule has 26 heavy (non-hydrogen) atoms. The maximum Gasteiger partial charge on any atom is 0.298 e. The van der Waals surface area contributed by atoms with E-state index in [2.05, 4.69) is 20.2 Å². The molecular weight excluding hydrogens is 375 g/mol. The molecule has 6 nitrogen and oxygen atoms in total. The Kier molecular flexibility index (Phi) is 5.86. The summed E-state index contributed by atoms with van der Waals surface area (Å²) in [6.45, 7) is 4.97. The van der Waals surface area contributed by atoms with Crippen molar-refractivity contribution >= 4 is 41.1 Å². The number of ether oxygens (including phenoxy) is 1. The number of hydrogen-bond acceptors (Lipinski definition) is 6. The SMILES string of the molecule is Cc1ccc(OCC2CNCCN2c2nc3ccc(Cl)cc3o2)cn1.Cl. The summed E-state index contributed by atoms with van der Waals surface area (Å²) in [7, 11) is 0. The lowest BCUT2D eigenvalue weighted by Gasteiger charge is -2.34. The molecule has 1 N–H and O–H groups in total. The molecule has 0 amide bonds. The fourth-order valence-corrected chi connectivity index (χ4v) is 3.06. The third-order valence-electron chi connectivity index (χ3n) is 4.26. The van der Waals surface area contributed by atoms with Crippen molar-refractivity contribution in [2.45, 2.75) is 13.0 Å². The fourth-order valence-electron chi connectivity index (χ4n) is 2.90. The molecule has 0 saturated carbocycles. The van der Waals surface area contributed by atoms with Gasteiger partial charge in [-0.05, 0) is 31.2 Å². The van der Waals surface area contributed by atoms with E-state index in [1.165, 1.54) is 0 Å². The van der Waals surface area contributed by atoms with Crippen molar-refractivity contribution in [1.29, 1.82) is 0 Å². The Bertz CT molecular complexity index is 869. The quantitative estimate of drug-likeness (QED) is 0.730. The minimum Gasteiger partial charge on any atom is -0.490 e. The molecular formula is C18H20Cl2N4O2. The first kappa shape index (κ1) is 18.8. The lowest BCUT2D eigenvalue weighted by Crippen LogP contribution is -2.54. The van der Waals surface area contributed by atoms with Crippen LogP contribution >= 0.6 is 24.0 Å². The zero-order valence-electron chi connectivity index (χ0n) is 14.3. The monoisotopic (exact) mass is 394 g/mol. The lowest BCUT2D eigenvalue weighted by atomic mass is 10.2. The van der Waals surface area contributed by atoms with Crippen LogP contribution in [0.25, 0.3) is 11.1 Å². The first-order valence-corrected chi connectivity index (χ1v) is 8.66. The van der Waals surface area contributed by atoms with Gasteiger partial charge in [0.05, 0.1) is 12.2 Å². The summed E-state index contributed by atoms with van der Waals surface area (Å²) < 4.78 is 11.8. The van der Waals surface area contributed by atoms with Gasteiger partial charge >= 0.3 is 0 Å². The zero-order valence-corrected chi connectivity index (χ0v) is 15.9. The van der Waals surface area contributed by atoms with Crippen LogP contribution in [-0.4, -0.2) is 42.3 Å². The van der Waals surface area contributed by atoms with Crippen LogP contribution in [0.15, 0.2) is 40.9 Å². The molecule has 1 aliphatic rings. The normalized spacial score (nSPS) is 17.2. The number of aryl methyl sites for hydroxylation is 1. The summed E-state index contributed by atoms with van der Waals surface area (Å²) in [4.78, 5) is 11.0. The molecule has 138 valence electrons. The molecule has 4 rings (SSSR count). The Balaban J connectivity index is 0.00000196. The number of benzene rings is 1. The van der Waals surface area contributed by atoms with Crippen molar-refractivity contribution in [2.24, 2.45) is 0 Å². The van der Waals surface area contributed by atoms with Crippen LogP contribution in [0.3, 0.4) is 0 Å². The van der Waals surface area contributed by atoms with Gasteiger partial charge in [0.15, 0.2) is 5.58 Å². The highest BCUT2D eigenvalue weighted by atomic mass is 35.5. The van der Waals surface area contributed by atoms with Gasteiger partial charge in [-0.2, -0.15) is 4.98 Å². The second kappa shape index (κ2) is 8.12. The molecule has 3 aromatic rings. The van der Waals surface area contributed by atoms with Crippen molar-refractivity contribution < 1.29 is 9.15 Å². The highest BCUT2D eigenvalue weighted by Gasteiger charge is 2.27. The van der Waals surface area contributed by atoms with Gasteiger partial charge in [0.1, 0.15) is 17.9 Å². The van der Waals surface area contributed by atoms with Gasteiger partial charge in [0, 0.05) is 36.4 Å². The van der Waals surface area contributed by atoms with Gasteiger partial charge < -0.3 is 19.4 Å². The largest absolute Gasteiger partial charge is 0.490 e. The second-order valence-electron chi connectivity index (χ2n) is 6.11. The van der Waals surface area contributed by atoms with E-state index < -0.39 is 0 Å². The van der Waals surface area contributed by atoms with Gasteiger partial charge in [0.25, 0.3) is 6.01 Å². The Hall–Kier alpha value is -2.02. The predicted octanol–water partition coefficient (Wildman–Crippen LogP) is 3.46. The minimum absolute atomic E-state index is 0. The van der Waals surface area contributed by atoms with Crippen LogP contribution in [-0.2, 0) is 0 Å². The summed E-state index contributed by atoms with van der Waals surface area (Å²) >= 11 is 6.03. The van der Waals surface area contributed by atoms with Crippen molar-refractivity contribution in [3.8, 4) is 5.75 Å². The lowest BCUT2D eigenvalue weighted by molar-refractivity contribution is 0.261. The number of anilines is 1. The molecule has 1 unspecified atom stereocenters. The Morgan fingerprint density at radius 2 is 2.23 bits per heavy atom. The third-order valence-corrected chi connectivity index (χ3v) is 4.50. The van der Waals surface area contributed by atoms with Crippen molar-refractivity contribution in [3.63, 3.8) is 0 Å². The van der Waals surface area contributed by atoms with Crippen LogP contribution < -0.4 is 15.0 Å². The number of hydrogen-bond donors (Lipinski definition) is 1. The molecule has 0 spiro atoms. The van der Waals surface area contributed by atoms with E-state index in [4.69, 9.17) is 20.8 Å². The topological polar surface area (TPSA) is 63.4 Å². The average molecular weight is 395 g/mol. The zero-order chi connectivity index (χ0) is 17.2. The summed E-state index contributed by atoms with van der Waals surface area (Å²) in [6.07, 6.45) is 1.75. The molecule has 1 aliphatic heterocycles. The molecule has 2 aromatic heterocycles. The summed E-state index contributed by atoms with van der Waals surface area (Å²) in [6, 6.07) is 10.1. The highest BCUT2D eigenvalue weighted by Crippen LogP contribution is 2.26. The van der Waals surface area contributed by atoms with Gasteiger partial charge in [0.2, 0.25) is 0 Å². The number of nitrogens with one attached hydrogen (secondary N) is 1. The standard InChI is InChI=1S/C18H19ClN4O2.ClH/c1-12-2-4-15(10-21-12)24-11-14-9-20-6-7-23(14)18-22-16-5-3-13(19)8-17(16)25-18;/h2-5,8,10,14,20H,6-7,9,11H2,1H3;1H. The van der Waals surface area contributed by atoms with Crippen LogP contribution in [0.1, 0.15) is 5.69 Å². The highest BCUT2D eigenvalue weighted by molar-refractivity contribution is 6.31. The molecule has 0 radical (unpaired) electrons. The van der Waals surface area contributed by atoms with Crippen LogP contribution in [0.5, 0.6) is 5.75 Å². The second-order valence-corrected chi connectivity index (χ2v) is 6.54. The fraction of sp³-hybridized carbons (Fsp3) is 0.333. The Morgan fingerprint density at radius 3 is 3.04 bits per heavy atom. The number of aromatic nitrogens is 2. The number of piperazine rings is 1. The van der Waals surface area contributed by atoms with Crippen LogP contribution in [0.2, 0.25) is 5.02 Å². The molecule has 0 bridgehead atoms. The van der Waals surface area contributed by atoms with Crippen LogP contribution in [0, 0.1) is 6.92 Å². The summed E-state index contributed by atoms with van der Waals surface area (Å²) in [5, 5.41) is 4.04. The predicted molar refractivity (Wildman–Crippen MR) is 105 cm³/mol. The number of fused-ring (bicyclic) bond motifs is 1. The number of oxazole rings is 1. The Labute approximate surface area is 162 Å². The molecule has 8 heteroatoms. The first-order valence-electron chi connectivity index (χ1n) is 8.28. The van der Waals surface area contributed by atoms with Crippen LogP contribution in [0.4, 0.5) is 6.01 Å². The van der Waals surface area contributed by atoms with Gasteiger partial charge in [-0.25, -0.2) is 0 Å². The van der Waals surface area contributed by atoms with E-state index in [-0.39, 0.29) is 18.4 Å². The van der Waals surface area contributed by atoms with Gasteiger partial charge in [-0.15, -0.1) is 12.4 Å². The van der Waals surface area contributed by atoms with E-state index in [9.17, 15) is 0 Å². The molecule has 3 heterocycles. The van der Waals surface area contributed by atoms with E-state index in [1.54, 1.807) is 12.3 Å².